The highest BCUT2D eigenvalue weighted by atomic mass is 16.7. The van der Waals surface area contributed by atoms with Crippen molar-refractivity contribution < 1.29 is 39.5 Å². The molecule has 0 aromatic heterocycles. The van der Waals surface area contributed by atoms with Gasteiger partial charge in [-0.05, 0) is 12.8 Å². The molecule has 0 unspecified atom stereocenters. The third-order valence-corrected chi connectivity index (χ3v) is 8.76. The smallest absolute Gasteiger partial charge is 0.244 e. The van der Waals surface area contributed by atoms with E-state index in [4.69, 9.17) is 9.47 Å². The summed E-state index contributed by atoms with van der Waals surface area (Å²) in [6.45, 7) is 4.06. The quantitative estimate of drug-likeness (QED) is 0.0620. The van der Waals surface area contributed by atoms with Gasteiger partial charge in [-0.2, -0.15) is 0 Å². The molecule has 45 heavy (non-hydrogen) atoms. The Kier molecular flexibility index (Phi) is 25.8. The van der Waals surface area contributed by atoms with Crippen LogP contribution < -0.4 is 10.6 Å². The van der Waals surface area contributed by atoms with Crippen LogP contribution in [-0.4, -0.2) is 88.7 Å². The highest BCUT2D eigenvalue weighted by molar-refractivity contribution is 5.87. The summed E-state index contributed by atoms with van der Waals surface area (Å²) in [4.78, 5) is 25.8. The Labute approximate surface area is 273 Å². The number of rotatable bonds is 29. The number of aliphatic hydroxyl groups excluding tert-OH is 4. The molecule has 0 aromatic carbocycles. The molecule has 1 saturated heterocycles. The van der Waals surface area contributed by atoms with Crippen molar-refractivity contribution in [3.05, 3.63) is 0 Å². The normalized spacial score (nSPS) is 22.3. The highest BCUT2D eigenvalue weighted by Gasteiger charge is 2.44. The number of hydrogen-bond acceptors (Lipinski definition) is 8. The van der Waals surface area contributed by atoms with E-state index in [0.29, 0.717) is 13.0 Å². The summed E-state index contributed by atoms with van der Waals surface area (Å²) >= 11 is 0. The monoisotopic (exact) mass is 644 g/mol. The lowest BCUT2D eigenvalue weighted by molar-refractivity contribution is -0.301. The fraction of sp³-hybridized carbons (Fsp3) is 0.943. The molecule has 0 radical (unpaired) electrons. The van der Waals surface area contributed by atoms with Crippen LogP contribution in [-0.2, 0) is 19.1 Å². The molecular weight excluding hydrogens is 576 g/mol. The second-order valence-electron chi connectivity index (χ2n) is 12.9. The highest BCUT2D eigenvalue weighted by Crippen LogP contribution is 2.22. The van der Waals surface area contributed by atoms with Gasteiger partial charge < -0.3 is 40.5 Å². The van der Waals surface area contributed by atoms with Crippen LogP contribution in [0.25, 0.3) is 0 Å². The Morgan fingerprint density at radius 3 is 1.62 bits per heavy atom. The first-order valence-corrected chi connectivity index (χ1v) is 18.3. The second kappa shape index (κ2) is 27.8. The third kappa shape index (κ3) is 19.8. The fourth-order valence-corrected chi connectivity index (χ4v) is 5.74. The van der Waals surface area contributed by atoms with Gasteiger partial charge in [0.15, 0.2) is 6.29 Å². The maximum atomic E-state index is 13.1. The molecule has 0 bridgehead atoms. The lowest BCUT2D eigenvalue weighted by Crippen LogP contribution is -2.60. The maximum absolute atomic E-state index is 13.1. The predicted octanol–water partition coefficient (Wildman–Crippen LogP) is 5.03. The minimum absolute atomic E-state index is 0.249. The summed E-state index contributed by atoms with van der Waals surface area (Å²) in [7, 11) is 0. The number of carbonyl (C=O) groups excluding carboxylic acids is 2. The summed E-state index contributed by atoms with van der Waals surface area (Å²) in [5.74, 6) is -0.635. The molecule has 2 amide bonds. The van der Waals surface area contributed by atoms with E-state index in [1.165, 1.54) is 96.3 Å². The van der Waals surface area contributed by atoms with Crippen molar-refractivity contribution in [2.75, 3.05) is 19.8 Å². The zero-order valence-corrected chi connectivity index (χ0v) is 28.6. The van der Waals surface area contributed by atoms with Gasteiger partial charge in [0.1, 0.15) is 30.5 Å². The van der Waals surface area contributed by atoms with Gasteiger partial charge in [0.25, 0.3) is 0 Å². The summed E-state index contributed by atoms with van der Waals surface area (Å²) in [6, 6.07) is -1.01. The van der Waals surface area contributed by atoms with Crippen molar-refractivity contribution in [1.29, 1.82) is 0 Å². The van der Waals surface area contributed by atoms with E-state index in [0.717, 1.165) is 38.5 Å². The summed E-state index contributed by atoms with van der Waals surface area (Å²) < 4.78 is 11.0. The molecule has 1 aliphatic heterocycles. The average molecular weight is 645 g/mol. The van der Waals surface area contributed by atoms with Gasteiger partial charge in [-0.1, -0.05) is 136 Å². The topological polar surface area (TPSA) is 158 Å². The van der Waals surface area contributed by atoms with Crippen molar-refractivity contribution in [1.82, 2.24) is 10.6 Å². The zero-order chi connectivity index (χ0) is 33.1. The van der Waals surface area contributed by atoms with E-state index >= 15 is 0 Å². The van der Waals surface area contributed by atoms with Gasteiger partial charge in [-0.3, -0.25) is 9.59 Å². The second-order valence-corrected chi connectivity index (χ2v) is 12.9. The summed E-state index contributed by atoms with van der Waals surface area (Å²) in [5, 5.41) is 45.5. The van der Waals surface area contributed by atoms with Crippen molar-refractivity contribution >= 4 is 11.8 Å². The minimum atomic E-state index is -1.58. The number of unbranched alkanes of at least 4 members (excludes halogenated alkanes) is 19. The Bertz CT molecular complexity index is 726. The summed E-state index contributed by atoms with van der Waals surface area (Å²) in [6.07, 6.45) is 18.1. The largest absolute Gasteiger partial charge is 0.394 e. The van der Waals surface area contributed by atoms with E-state index in [2.05, 4.69) is 24.5 Å². The number of ether oxygens (including phenoxy) is 2. The molecule has 6 N–H and O–H groups in total. The van der Waals surface area contributed by atoms with Crippen LogP contribution >= 0.6 is 0 Å². The Morgan fingerprint density at radius 1 is 0.667 bits per heavy atom. The van der Waals surface area contributed by atoms with Crippen LogP contribution in [0.3, 0.4) is 0 Å². The molecule has 0 aliphatic carbocycles. The van der Waals surface area contributed by atoms with Gasteiger partial charge in [-0.25, -0.2) is 0 Å². The number of nitrogens with one attached hydrogen (secondary N) is 2. The summed E-state index contributed by atoms with van der Waals surface area (Å²) in [5.41, 5.74) is 0. The SMILES string of the molecule is CCCCCCCCCCCCCCNC(=O)[C@H](CO[C@H]1O[C@H](CO)[C@H](O)[C@H](O)[C@H]1O)NC(=O)CCCCCCCCCCC. The Hall–Kier alpha value is -1.30. The van der Waals surface area contributed by atoms with Gasteiger partial charge in [-0.15, -0.1) is 0 Å². The molecule has 0 aromatic rings. The minimum Gasteiger partial charge on any atom is -0.394 e. The van der Waals surface area contributed by atoms with Crippen molar-refractivity contribution in [3.63, 3.8) is 0 Å². The molecule has 1 fully saturated rings. The van der Waals surface area contributed by atoms with E-state index in [1.54, 1.807) is 0 Å². The van der Waals surface area contributed by atoms with Crippen LogP contribution in [0.4, 0.5) is 0 Å². The predicted molar refractivity (Wildman–Crippen MR) is 178 cm³/mol. The van der Waals surface area contributed by atoms with E-state index in [-0.39, 0.29) is 18.4 Å². The van der Waals surface area contributed by atoms with Gasteiger partial charge in [0.2, 0.25) is 11.8 Å². The van der Waals surface area contributed by atoms with Crippen molar-refractivity contribution in [3.8, 4) is 0 Å². The standard InChI is InChI=1S/C35H68N2O8/c1-3-5-7-9-11-13-14-15-17-19-21-23-25-36-34(43)28(27-44-35-33(42)32(41)31(40)29(26-38)45-35)37-30(39)24-22-20-18-16-12-10-8-6-4-2/h28-29,31-33,35,38,40-42H,3-27H2,1-2H3,(H,36,43)(H,37,39)/t28-,29+,31-,32-,33+,35-/m0/s1. The Morgan fingerprint density at radius 2 is 1.13 bits per heavy atom. The molecule has 10 heteroatoms. The van der Waals surface area contributed by atoms with Crippen LogP contribution in [0.2, 0.25) is 0 Å². The van der Waals surface area contributed by atoms with Crippen molar-refractivity contribution in [2.24, 2.45) is 0 Å². The van der Waals surface area contributed by atoms with Gasteiger partial charge in [0.05, 0.1) is 13.2 Å². The molecule has 266 valence electrons. The number of amides is 2. The first-order chi connectivity index (χ1) is 21.8. The van der Waals surface area contributed by atoms with Gasteiger partial charge >= 0.3 is 0 Å². The number of carbonyl (C=O) groups is 2. The van der Waals surface area contributed by atoms with Gasteiger partial charge in [0, 0.05) is 13.0 Å². The third-order valence-electron chi connectivity index (χ3n) is 8.76. The fourth-order valence-electron chi connectivity index (χ4n) is 5.74. The first kappa shape index (κ1) is 41.7. The van der Waals surface area contributed by atoms with Crippen LogP contribution in [0.15, 0.2) is 0 Å². The maximum Gasteiger partial charge on any atom is 0.244 e. The lowest BCUT2D eigenvalue weighted by Gasteiger charge is -2.39. The molecule has 1 heterocycles. The average Bonchev–Trinajstić information content (AvgIpc) is 3.04. The lowest BCUT2D eigenvalue weighted by atomic mass is 9.99. The Balaban J connectivity index is 2.44. The molecule has 0 saturated carbocycles. The van der Waals surface area contributed by atoms with Crippen molar-refractivity contribution in [2.45, 2.75) is 192 Å². The van der Waals surface area contributed by atoms with Crippen LogP contribution in [0.5, 0.6) is 0 Å². The van der Waals surface area contributed by atoms with E-state index < -0.39 is 43.4 Å². The van der Waals surface area contributed by atoms with Crippen LogP contribution in [0, 0.1) is 0 Å². The molecule has 10 nitrogen and oxygen atoms in total. The zero-order valence-electron chi connectivity index (χ0n) is 28.6. The number of aliphatic hydroxyl groups is 4. The molecule has 1 aliphatic rings. The van der Waals surface area contributed by atoms with E-state index in [9.17, 15) is 30.0 Å². The molecule has 6 atom stereocenters. The number of hydrogen-bond donors (Lipinski definition) is 6. The van der Waals surface area contributed by atoms with E-state index in [1.807, 2.05) is 0 Å². The molecule has 1 rings (SSSR count). The molecular formula is C35H68N2O8. The molecule has 0 spiro atoms. The van der Waals surface area contributed by atoms with Crippen LogP contribution in [0.1, 0.15) is 155 Å². The first-order valence-electron chi connectivity index (χ1n) is 18.3.